The number of phenolic OH excluding ortho intramolecular Hbond substituents is 1. The highest BCUT2D eigenvalue weighted by atomic mass is 32.1. The fourth-order valence-corrected chi connectivity index (χ4v) is 4.60. The van der Waals surface area contributed by atoms with E-state index in [1.165, 1.54) is 12.8 Å². The fourth-order valence-electron chi connectivity index (χ4n) is 4.07. The zero-order valence-electron chi connectivity index (χ0n) is 20.4. The number of carbonyl (C=O) groups is 1. The first-order valence-corrected chi connectivity index (χ1v) is 12.8. The van der Waals surface area contributed by atoms with E-state index in [1.54, 1.807) is 24.3 Å². The lowest BCUT2D eigenvalue weighted by Gasteiger charge is -2.41. The van der Waals surface area contributed by atoms with Gasteiger partial charge in [-0.15, -0.1) is 4.37 Å². The van der Waals surface area contributed by atoms with Crippen molar-refractivity contribution in [2.75, 3.05) is 26.7 Å². The average molecular weight is 490 g/mol. The lowest BCUT2D eigenvalue weighted by atomic mass is 10.0. The Morgan fingerprint density at radius 3 is 2.74 bits per heavy atom. The lowest BCUT2D eigenvalue weighted by Crippen LogP contribution is -2.56. The van der Waals surface area contributed by atoms with E-state index in [4.69, 9.17) is 15.2 Å². The predicted octanol–water partition coefficient (Wildman–Crippen LogP) is 3.90. The van der Waals surface area contributed by atoms with Crippen LogP contribution in [-0.4, -0.2) is 63.3 Å². The van der Waals surface area contributed by atoms with Crippen molar-refractivity contribution in [1.29, 1.82) is 0 Å². The molecule has 0 spiro atoms. The van der Waals surface area contributed by atoms with Gasteiger partial charge in [-0.3, -0.25) is 9.28 Å². The number of quaternary nitrogens is 1. The smallest absolute Gasteiger partial charge is 0.327 e. The average Bonchev–Trinajstić information content (AvgIpc) is 3.29. The molecule has 2 unspecified atom stereocenters. The van der Waals surface area contributed by atoms with Crippen LogP contribution in [0.5, 0.6) is 11.6 Å². The molecule has 0 bridgehead atoms. The normalized spacial score (nSPS) is 19.8. The van der Waals surface area contributed by atoms with Gasteiger partial charge in [0.2, 0.25) is 6.23 Å². The van der Waals surface area contributed by atoms with E-state index in [0.717, 1.165) is 54.4 Å². The first-order valence-electron chi connectivity index (χ1n) is 12.1. The Balaban J connectivity index is 1.57. The Labute approximate surface area is 206 Å². The van der Waals surface area contributed by atoms with Crippen LogP contribution in [0.4, 0.5) is 0 Å². The summed E-state index contributed by atoms with van der Waals surface area (Å²) in [5.74, 6) is 0.351. The minimum absolute atomic E-state index is 0.181. The van der Waals surface area contributed by atoms with Crippen LogP contribution < -0.4 is 10.5 Å². The number of aromatic hydroxyl groups is 1. The van der Waals surface area contributed by atoms with Gasteiger partial charge in [-0.05, 0) is 30.5 Å². The zero-order valence-corrected chi connectivity index (χ0v) is 21.2. The molecular weight excluding hydrogens is 452 g/mol. The maximum Gasteiger partial charge on any atom is 0.327 e. The number of esters is 1. The minimum atomic E-state index is -0.770. The van der Waals surface area contributed by atoms with Gasteiger partial charge in [-0.25, -0.2) is 0 Å². The number of rotatable bonds is 12. The van der Waals surface area contributed by atoms with Crippen LogP contribution in [0.3, 0.4) is 0 Å². The Kier molecular flexibility index (Phi) is 9.44. The first-order chi connectivity index (χ1) is 16.3. The second-order valence-corrected chi connectivity index (χ2v) is 9.75. The number of likely N-dealkylation sites (N-methyl/N-ethyl adjacent to an activating group) is 1. The van der Waals surface area contributed by atoms with Gasteiger partial charge >= 0.3 is 5.97 Å². The number of phenols is 1. The summed E-state index contributed by atoms with van der Waals surface area (Å²) in [5.41, 5.74) is 8.86. The van der Waals surface area contributed by atoms with Crippen molar-refractivity contribution in [3.63, 3.8) is 0 Å². The first kappa shape index (κ1) is 26.1. The van der Waals surface area contributed by atoms with Crippen LogP contribution >= 0.6 is 11.7 Å². The summed E-state index contributed by atoms with van der Waals surface area (Å²) in [6, 6.07) is 5.91. The molecule has 1 aliphatic heterocycles. The number of hydrogen-bond donors (Lipinski definition) is 2. The third kappa shape index (κ3) is 7.01. The van der Waals surface area contributed by atoms with Gasteiger partial charge in [-0.1, -0.05) is 44.4 Å². The van der Waals surface area contributed by atoms with E-state index >= 15 is 0 Å². The Hall–Kier alpha value is -2.49. The van der Waals surface area contributed by atoms with Crippen LogP contribution in [0.15, 0.2) is 30.3 Å². The van der Waals surface area contributed by atoms with Crippen molar-refractivity contribution in [1.82, 2.24) is 8.75 Å². The maximum atomic E-state index is 12.7. The van der Waals surface area contributed by atoms with Crippen molar-refractivity contribution >= 4 is 23.3 Å². The molecule has 0 saturated carbocycles. The van der Waals surface area contributed by atoms with E-state index < -0.39 is 12.0 Å². The number of nitrogens with two attached hydrogens (primary N) is 1. The number of hydrogen-bond acceptors (Lipinski definition) is 8. The Morgan fingerprint density at radius 2 is 2.00 bits per heavy atom. The van der Waals surface area contributed by atoms with Gasteiger partial charge in [0.25, 0.3) is 5.88 Å². The second kappa shape index (κ2) is 12.3. The van der Waals surface area contributed by atoms with Gasteiger partial charge < -0.3 is 20.3 Å². The standard InChI is InChI=1S/C25H36N4O4S/c1-4-5-6-7-15-32-24-23(27-34-28-24)20-9-8-14-29(3,17-20)18(2)33-25(31)22(26)16-19-10-12-21(30)13-11-19/h9-13,18,22H,4-8,14-17,26H2,1-3H3/p+1/t18?,22-,29?/m0/s1. The summed E-state index contributed by atoms with van der Waals surface area (Å²) < 4.78 is 21.2. The van der Waals surface area contributed by atoms with Gasteiger partial charge in [0.15, 0.2) is 0 Å². The van der Waals surface area contributed by atoms with Crippen LogP contribution in [0, 0.1) is 0 Å². The minimum Gasteiger partial charge on any atom is -0.508 e. The van der Waals surface area contributed by atoms with Crippen LogP contribution in [-0.2, 0) is 16.0 Å². The maximum absolute atomic E-state index is 12.7. The van der Waals surface area contributed by atoms with Gasteiger partial charge in [0.05, 0.1) is 31.9 Å². The molecule has 0 saturated heterocycles. The zero-order chi connectivity index (χ0) is 24.6. The molecule has 0 radical (unpaired) electrons. The van der Waals surface area contributed by atoms with E-state index in [-0.39, 0.29) is 12.0 Å². The largest absolute Gasteiger partial charge is 0.508 e. The van der Waals surface area contributed by atoms with E-state index in [1.807, 2.05) is 6.92 Å². The molecule has 3 N–H and O–H groups in total. The Bertz CT molecular complexity index is 962. The molecule has 0 aliphatic carbocycles. The topological polar surface area (TPSA) is 108 Å². The number of carbonyl (C=O) groups excluding carboxylic acids is 1. The molecule has 186 valence electrons. The summed E-state index contributed by atoms with van der Waals surface area (Å²) >= 11 is 1.16. The molecule has 2 heterocycles. The SMILES string of the molecule is CCCCCCOc1nsnc1C1=CCC[N+](C)(C(C)OC(=O)[C@@H](N)Cc2ccc(O)cc2)C1. The van der Waals surface area contributed by atoms with E-state index in [9.17, 15) is 9.90 Å². The van der Waals surface area contributed by atoms with Crippen LogP contribution in [0.25, 0.3) is 5.57 Å². The molecule has 3 rings (SSSR count). The molecule has 34 heavy (non-hydrogen) atoms. The summed E-state index contributed by atoms with van der Waals surface area (Å²) in [7, 11) is 2.08. The quantitative estimate of drug-likeness (QED) is 0.264. The van der Waals surface area contributed by atoms with Crippen LogP contribution in [0.2, 0.25) is 0 Å². The molecule has 0 fully saturated rings. The third-order valence-electron chi connectivity index (χ3n) is 6.42. The van der Waals surface area contributed by atoms with Crippen molar-refractivity contribution in [3.05, 3.63) is 41.6 Å². The highest BCUT2D eigenvalue weighted by Gasteiger charge is 2.37. The fraction of sp³-hybridized carbons (Fsp3) is 0.560. The third-order valence-corrected chi connectivity index (χ3v) is 6.93. The molecule has 1 aromatic carbocycles. The Morgan fingerprint density at radius 1 is 1.24 bits per heavy atom. The molecule has 2 aromatic rings. The number of nitrogens with zero attached hydrogens (tertiary/aromatic N) is 3. The van der Waals surface area contributed by atoms with Crippen LogP contribution in [0.1, 0.15) is 57.2 Å². The van der Waals surface area contributed by atoms with Gasteiger partial charge in [0, 0.05) is 18.9 Å². The molecule has 0 amide bonds. The van der Waals surface area contributed by atoms with Crippen molar-refractivity contribution < 1.29 is 23.9 Å². The summed E-state index contributed by atoms with van der Waals surface area (Å²) in [4.78, 5) is 12.7. The summed E-state index contributed by atoms with van der Waals surface area (Å²) in [6.45, 7) is 6.26. The molecular formula is C25H37N4O4S+. The second-order valence-electron chi connectivity index (χ2n) is 9.22. The van der Waals surface area contributed by atoms with E-state index in [2.05, 4.69) is 28.8 Å². The van der Waals surface area contributed by atoms with E-state index in [0.29, 0.717) is 29.9 Å². The number of benzene rings is 1. The lowest BCUT2D eigenvalue weighted by molar-refractivity contribution is -0.944. The van der Waals surface area contributed by atoms with Gasteiger partial charge in [-0.2, -0.15) is 4.37 Å². The number of unbranched alkanes of at least 4 members (excludes halogenated alkanes) is 3. The molecule has 8 nitrogen and oxygen atoms in total. The molecule has 1 aliphatic rings. The molecule has 1 aromatic heterocycles. The monoisotopic (exact) mass is 489 g/mol. The number of ether oxygens (including phenoxy) is 2. The molecule has 3 atom stereocenters. The molecule has 9 heteroatoms. The van der Waals surface area contributed by atoms with Crippen molar-refractivity contribution in [3.8, 4) is 11.6 Å². The number of aromatic nitrogens is 2. The highest BCUT2D eigenvalue weighted by Crippen LogP contribution is 2.31. The predicted molar refractivity (Wildman–Crippen MR) is 133 cm³/mol. The van der Waals surface area contributed by atoms with Gasteiger partial charge in [0.1, 0.15) is 24.0 Å². The summed E-state index contributed by atoms with van der Waals surface area (Å²) in [6.07, 6.45) is 7.58. The highest BCUT2D eigenvalue weighted by molar-refractivity contribution is 6.99. The van der Waals surface area contributed by atoms with Crippen molar-refractivity contribution in [2.24, 2.45) is 5.73 Å². The summed E-state index contributed by atoms with van der Waals surface area (Å²) in [5, 5.41) is 9.43. The van der Waals surface area contributed by atoms with Crippen molar-refractivity contribution in [2.45, 2.75) is 64.6 Å².